The van der Waals surface area contributed by atoms with Gasteiger partial charge in [0.15, 0.2) is 17.5 Å². The lowest BCUT2D eigenvalue weighted by molar-refractivity contribution is -0.115. The topological polar surface area (TPSA) is 77.6 Å². The predicted molar refractivity (Wildman–Crippen MR) is 112 cm³/mol. The van der Waals surface area contributed by atoms with Gasteiger partial charge in [-0.05, 0) is 41.8 Å². The first kappa shape index (κ1) is 20.6. The maximum absolute atomic E-state index is 13.3. The second-order valence-electron chi connectivity index (χ2n) is 7.35. The van der Waals surface area contributed by atoms with Crippen molar-refractivity contribution in [3.05, 3.63) is 71.6 Å². The molecule has 1 amide bonds. The fourth-order valence-electron chi connectivity index (χ4n) is 3.34. The van der Waals surface area contributed by atoms with Crippen LogP contribution in [0.4, 0.5) is 14.6 Å². The molecule has 2 aromatic carbocycles. The van der Waals surface area contributed by atoms with E-state index in [9.17, 15) is 13.6 Å². The largest absolute Gasteiger partial charge is 0.308 e. The Morgan fingerprint density at radius 3 is 2.68 bits per heavy atom. The standard InChI is InChI=1S/C22H22F2N6O/c1-2-3-8-29-20-7-5-15(9-17(20)12-25-29)11-22(31)27-21-13-26-30(28-21)14-16-4-6-18(23)19(24)10-16/h4-7,9-10,12-13H,2-3,8,11,14H2,1H3,(H,27,28,31). The van der Waals surface area contributed by atoms with Gasteiger partial charge in [-0.15, -0.1) is 5.10 Å². The molecule has 0 fully saturated rings. The molecule has 0 spiro atoms. The molecule has 9 heteroatoms. The summed E-state index contributed by atoms with van der Waals surface area (Å²) in [4.78, 5) is 13.7. The van der Waals surface area contributed by atoms with Crippen molar-refractivity contribution in [1.29, 1.82) is 0 Å². The monoisotopic (exact) mass is 424 g/mol. The van der Waals surface area contributed by atoms with Crippen LogP contribution in [0, 0.1) is 11.6 Å². The van der Waals surface area contributed by atoms with E-state index >= 15 is 0 Å². The number of rotatable bonds is 8. The molecule has 0 saturated heterocycles. The molecular formula is C22H22F2N6O. The number of nitrogens with one attached hydrogen (secondary N) is 1. The lowest BCUT2D eigenvalue weighted by atomic mass is 10.1. The molecule has 0 aliphatic carbocycles. The molecule has 7 nitrogen and oxygen atoms in total. The molecule has 0 aliphatic rings. The number of carbonyl (C=O) groups excluding carboxylic acids is 1. The number of hydrogen-bond acceptors (Lipinski definition) is 4. The van der Waals surface area contributed by atoms with Crippen molar-refractivity contribution >= 4 is 22.6 Å². The zero-order valence-corrected chi connectivity index (χ0v) is 17.1. The highest BCUT2D eigenvalue weighted by Gasteiger charge is 2.10. The van der Waals surface area contributed by atoms with Crippen LogP contribution in [0.15, 0.2) is 48.8 Å². The van der Waals surface area contributed by atoms with Gasteiger partial charge < -0.3 is 5.32 Å². The number of unbranched alkanes of at least 4 members (excludes halogenated alkanes) is 1. The lowest BCUT2D eigenvalue weighted by Gasteiger charge is -2.05. The Labute approximate surface area is 177 Å². The van der Waals surface area contributed by atoms with Crippen LogP contribution in [-0.2, 0) is 24.3 Å². The predicted octanol–water partition coefficient (Wildman–Crippen LogP) is 3.94. The number of benzene rings is 2. The molecule has 1 N–H and O–H groups in total. The van der Waals surface area contributed by atoms with Crippen molar-refractivity contribution in [3.8, 4) is 0 Å². The van der Waals surface area contributed by atoms with Gasteiger partial charge in [0.2, 0.25) is 5.91 Å². The third-order valence-corrected chi connectivity index (χ3v) is 4.91. The molecule has 4 aromatic rings. The van der Waals surface area contributed by atoms with E-state index in [2.05, 4.69) is 27.5 Å². The van der Waals surface area contributed by atoms with Gasteiger partial charge in [-0.3, -0.25) is 9.48 Å². The number of fused-ring (bicyclic) bond motifs is 1. The van der Waals surface area contributed by atoms with Crippen molar-refractivity contribution in [2.75, 3.05) is 5.32 Å². The van der Waals surface area contributed by atoms with Gasteiger partial charge in [0, 0.05) is 11.9 Å². The van der Waals surface area contributed by atoms with Crippen LogP contribution < -0.4 is 5.32 Å². The fourth-order valence-corrected chi connectivity index (χ4v) is 3.34. The quantitative estimate of drug-likeness (QED) is 0.465. The zero-order valence-electron chi connectivity index (χ0n) is 17.1. The van der Waals surface area contributed by atoms with E-state index in [-0.39, 0.29) is 18.9 Å². The maximum Gasteiger partial charge on any atom is 0.230 e. The number of aryl methyl sites for hydroxylation is 1. The number of amides is 1. The Kier molecular flexibility index (Phi) is 6.01. The minimum atomic E-state index is -0.925. The van der Waals surface area contributed by atoms with Crippen molar-refractivity contribution in [2.45, 2.75) is 39.3 Å². The summed E-state index contributed by atoms with van der Waals surface area (Å²) in [5.41, 5.74) is 2.44. The molecule has 2 heterocycles. The molecular weight excluding hydrogens is 402 g/mol. The van der Waals surface area contributed by atoms with Crippen molar-refractivity contribution < 1.29 is 13.6 Å². The summed E-state index contributed by atoms with van der Waals surface area (Å²) in [6.07, 6.45) is 5.59. The van der Waals surface area contributed by atoms with Crippen LogP contribution in [-0.4, -0.2) is 30.7 Å². The average molecular weight is 424 g/mol. The summed E-state index contributed by atoms with van der Waals surface area (Å²) in [6.45, 7) is 3.18. The van der Waals surface area contributed by atoms with Crippen molar-refractivity contribution in [1.82, 2.24) is 24.8 Å². The van der Waals surface area contributed by atoms with Crippen LogP contribution in [0.3, 0.4) is 0 Å². The van der Waals surface area contributed by atoms with E-state index in [1.807, 2.05) is 29.1 Å². The van der Waals surface area contributed by atoms with E-state index in [0.29, 0.717) is 11.4 Å². The lowest BCUT2D eigenvalue weighted by Crippen LogP contribution is -2.15. The first-order valence-corrected chi connectivity index (χ1v) is 10.1. The van der Waals surface area contributed by atoms with Crippen LogP contribution in [0.25, 0.3) is 10.9 Å². The van der Waals surface area contributed by atoms with Gasteiger partial charge in [-0.25, -0.2) is 8.78 Å². The summed E-state index contributed by atoms with van der Waals surface area (Å²) in [6, 6.07) is 9.48. The van der Waals surface area contributed by atoms with Gasteiger partial charge in [0.25, 0.3) is 0 Å². The first-order chi connectivity index (χ1) is 15.0. The molecule has 0 atom stereocenters. The first-order valence-electron chi connectivity index (χ1n) is 10.1. The number of anilines is 1. The molecule has 2 aromatic heterocycles. The molecule has 0 radical (unpaired) electrons. The van der Waals surface area contributed by atoms with E-state index in [0.717, 1.165) is 48.0 Å². The molecule has 31 heavy (non-hydrogen) atoms. The second-order valence-corrected chi connectivity index (χ2v) is 7.35. The normalized spacial score (nSPS) is 11.2. The minimum absolute atomic E-state index is 0.158. The fraction of sp³-hybridized carbons (Fsp3) is 0.273. The number of hydrogen-bond donors (Lipinski definition) is 1. The Hall–Kier alpha value is -3.62. The highest BCUT2D eigenvalue weighted by atomic mass is 19.2. The number of aromatic nitrogens is 5. The van der Waals surface area contributed by atoms with Crippen molar-refractivity contribution in [3.63, 3.8) is 0 Å². The van der Waals surface area contributed by atoms with Gasteiger partial charge in [-0.2, -0.15) is 15.0 Å². The highest BCUT2D eigenvalue weighted by Crippen LogP contribution is 2.17. The number of carbonyl (C=O) groups is 1. The summed E-state index contributed by atoms with van der Waals surface area (Å²) >= 11 is 0. The van der Waals surface area contributed by atoms with E-state index < -0.39 is 11.6 Å². The molecule has 160 valence electrons. The zero-order chi connectivity index (χ0) is 21.8. The number of nitrogens with zero attached hydrogens (tertiary/aromatic N) is 5. The summed E-state index contributed by atoms with van der Waals surface area (Å²) < 4.78 is 28.3. The maximum atomic E-state index is 13.3. The summed E-state index contributed by atoms with van der Waals surface area (Å²) in [5.74, 6) is -1.76. The van der Waals surface area contributed by atoms with Gasteiger partial charge in [-0.1, -0.05) is 25.5 Å². The molecule has 0 aliphatic heterocycles. The van der Waals surface area contributed by atoms with Crippen LogP contribution in [0.5, 0.6) is 0 Å². The third-order valence-electron chi connectivity index (χ3n) is 4.91. The molecule has 0 bridgehead atoms. The SMILES string of the molecule is CCCCn1ncc2cc(CC(=O)Nc3cnn(Cc4ccc(F)c(F)c4)n3)ccc21. The van der Waals surface area contributed by atoms with Gasteiger partial charge in [0.1, 0.15) is 0 Å². The highest BCUT2D eigenvalue weighted by molar-refractivity contribution is 5.92. The van der Waals surface area contributed by atoms with E-state index in [4.69, 9.17) is 0 Å². The third kappa shape index (κ3) is 4.93. The molecule has 0 saturated carbocycles. The van der Waals surface area contributed by atoms with Crippen LogP contribution in [0.2, 0.25) is 0 Å². The Morgan fingerprint density at radius 2 is 1.87 bits per heavy atom. The summed E-state index contributed by atoms with van der Waals surface area (Å²) in [7, 11) is 0. The number of halogens is 2. The van der Waals surface area contributed by atoms with Crippen LogP contribution >= 0.6 is 0 Å². The minimum Gasteiger partial charge on any atom is -0.308 e. The Balaban J connectivity index is 1.37. The average Bonchev–Trinajstić information content (AvgIpc) is 3.35. The van der Waals surface area contributed by atoms with E-state index in [1.165, 1.54) is 17.1 Å². The Morgan fingerprint density at radius 1 is 1.03 bits per heavy atom. The van der Waals surface area contributed by atoms with Gasteiger partial charge >= 0.3 is 0 Å². The summed E-state index contributed by atoms with van der Waals surface area (Å²) in [5, 5.41) is 16.3. The second kappa shape index (κ2) is 9.03. The smallest absolute Gasteiger partial charge is 0.230 e. The van der Waals surface area contributed by atoms with Crippen LogP contribution in [0.1, 0.15) is 30.9 Å². The van der Waals surface area contributed by atoms with E-state index in [1.54, 1.807) is 0 Å². The molecule has 4 rings (SSSR count). The Bertz CT molecular complexity index is 1220. The van der Waals surface area contributed by atoms with Gasteiger partial charge in [0.05, 0.1) is 30.9 Å². The van der Waals surface area contributed by atoms with Crippen molar-refractivity contribution in [2.24, 2.45) is 0 Å². The molecule has 0 unspecified atom stereocenters.